The van der Waals surface area contributed by atoms with Crippen molar-refractivity contribution in [3.63, 3.8) is 0 Å². The van der Waals surface area contributed by atoms with Crippen molar-refractivity contribution < 1.29 is 14.9 Å². The lowest BCUT2D eigenvalue weighted by Crippen LogP contribution is -2.34. The Morgan fingerprint density at radius 3 is 2.32 bits per heavy atom. The molecule has 0 fully saturated rings. The van der Waals surface area contributed by atoms with Crippen molar-refractivity contribution in [2.24, 2.45) is 11.3 Å². The maximum atomic E-state index is 9.66. The molecule has 1 aromatic rings. The van der Waals surface area contributed by atoms with E-state index in [4.69, 9.17) is 4.74 Å². The first-order valence-corrected chi connectivity index (χ1v) is 7.30. The lowest BCUT2D eigenvalue weighted by molar-refractivity contribution is 0.0369. The molecule has 0 unspecified atom stereocenters. The van der Waals surface area contributed by atoms with Crippen LogP contribution in [-0.2, 0) is 6.42 Å². The van der Waals surface area contributed by atoms with E-state index < -0.39 is 5.41 Å². The van der Waals surface area contributed by atoms with E-state index in [1.807, 2.05) is 18.2 Å². The monoisotopic (exact) mass is 330 g/mol. The Bertz CT molecular complexity index is 400. The molecule has 1 rings (SSSR count). The van der Waals surface area contributed by atoms with Gasteiger partial charge in [0, 0.05) is 5.41 Å². The van der Waals surface area contributed by atoms with E-state index in [-0.39, 0.29) is 13.2 Å². The van der Waals surface area contributed by atoms with Crippen LogP contribution >= 0.6 is 15.9 Å². The summed E-state index contributed by atoms with van der Waals surface area (Å²) in [6.45, 7) is 4.19. The highest BCUT2D eigenvalue weighted by atomic mass is 79.9. The van der Waals surface area contributed by atoms with Gasteiger partial charge >= 0.3 is 0 Å². The van der Waals surface area contributed by atoms with E-state index in [0.717, 1.165) is 22.2 Å². The van der Waals surface area contributed by atoms with E-state index in [0.29, 0.717) is 12.3 Å². The van der Waals surface area contributed by atoms with Gasteiger partial charge in [-0.25, -0.2) is 0 Å². The number of rotatable bonds is 7. The fourth-order valence-electron chi connectivity index (χ4n) is 2.48. The molecular formula is C15H23BrO3. The SMILES string of the molecule is COc1ccc(CC(CO)(CO)CC(C)C)cc1Br. The minimum absolute atomic E-state index is 0.00860. The third-order valence-corrected chi connectivity index (χ3v) is 3.93. The van der Waals surface area contributed by atoms with Gasteiger partial charge in [-0.3, -0.25) is 0 Å². The molecule has 108 valence electrons. The number of benzene rings is 1. The maximum Gasteiger partial charge on any atom is 0.133 e. The summed E-state index contributed by atoms with van der Waals surface area (Å²) in [6.07, 6.45) is 1.45. The Hall–Kier alpha value is -0.580. The normalized spacial score (nSPS) is 11.9. The number of hydrogen-bond donors (Lipinski definition) is 2. The second kappa shape index (κ2) is 7.27. The van der Waals surface area contributed by atoms with Gasteiger partial charge in [0.2, 0.25) is 0 Å². The molecule has 0 saturated heterocycles. The Labute approximate surface area is 123 Å². The third kappa shape index (κ3) is 4.48. The number of hydrogen-bond acceptors (Lipinski definition) is 3. The van der Waals surface area contributed by atoms with Crippen LogP contribution in [0.1, 0.15) is 25.8 Å². The van der Waals surface area contributed by atoms with Gasteiger partial charge in [0.05, 0.1) is 24.8 Å². The summed E-state index contributed by atoms with van der Waals surface area (Å²) >= 11 is 3.46. The van der Waals surface area contributed by atoms with E-state index >= 15 is 0 Å². The fraction of sp³-hybridized carbons (Fsp3) is 0.600. The molecule has 1 aromatic carbocycles. The van der Waals surface area contributed by atoms with Crippen LogP contribution in [0.15, 0.2) is 22.7 Å². The zero-order valence-corrected chi connectivity index (χ0v) is 13.4. The quantitative estimate of drug-likeness (QED) is 0.807. The van der Waals surface area contributed by atoms with Gasteiger partial charge < -0.3 is 14.9 Å². The molecule has 0 aliphatic rings. The van der Waals surface area contributed by atoms with Gasteiger partial charge in [0.1, 0.15) is 5.75 Å². The fourth-order valence-corrected chi connectivity index (χ4v) is 3.07. The Morgan fingerprint density at radius 2 is 1.89 bits per heavy atom. The Morgan fingerprint density at radius 1 is 1.26 bits per heavy atom. The summed E-state index contributed by atoms with van der Waals surface area (Å²) in [6, 6.07) is 5.86. The van der Waals surface area contributed by atoms with Crippen molar-refractivity contribution in [2.75, 3.05) is 20.3 Å². The molecule has 0 radical (unpaired) electrons. The molecule has 0 atom stereocenters. The topological polar surface area (TPSA) is 49.7 Å². The zero-order chi connectivity index (χ0) is 14.5. The molecule has 0 saturated carbocycles. The number of halogens is 1. The molecule has 0 spiro atoms. The van der Waals surface area contributed by atoms with E-state index in [1.165, 1.54) is 0 Å². The minimum atomic E-state index is -0.456. The lowest BCUT2D eigenvalue weighted by atomic mass is 9.76. The van der Waals surface area contributed by atoms with Crippen LogP contribution in [0.2, 0.25) is 0 Å². The molecule has 3 nitrogen and oxygen atoms in total. The van der Waals surface area contributed by atoms with Crippen LogP contribution in [-0.4, -0.2) is 30.5 Å². The van der Waals surface area contributed by atoms with Crippen molar-refractivity contribution in [3.05, 3.63) is 28.2 Å². The predicted molar refractivity (Wildman–Crippen MR) is 80.5 cm³/mol. The molecule has 0 heterocycles. The standard InChI is InChI=1S/C15H23BrO3/c1-11(2)7-15(9-17,10-18)8-12-4-5-14(19-3)13(16)6-12/h4-6,11,17-18H,7-10H2,1-3H3. The highest BCUT2D eigenvalue weighted by molar-refractivity contribution is 9.10. The van der Waals surface area contributed by atoms with Gasteiger partial charge in [-0.2, -0.15) is 0 Å². The molecule has 0 aromatic heterocycles. The molecule has 0 amide bonds. The molecule has 0 aliphatic carbocycles. The number of ether oxygens (including phenoxy) is 1. The minimum Gasteiger partial charge on any atom is -0.496 e. The van der Waals surface area contributed by atoms with Gasteiger partial charge in [-0.05, 0) is 52.4 Å². The van der Waals surface area contributed by atoms with E-state index in [1.54, 1.807) is 7.11 Å². The Kier molecular flexibility index (Phi) is 6.30. The van der Waals surface area contributed by atoms with Crippen LogP contribution in [0.4, 0.5) is 0 Å². The molecule has 4 heteroatoms. The average molecular weight is 331 g/mol. The molecular weight excluding hydrogens is 308 g/mol. The smallest absolute Gasteiger partial charge is 0.133 e. The average Bonchev–Trinajstić information content (AvgIpc) is 2.37. The van der Waals surface area contributed by atoms with Crippen molar-refractivity contribution in [3.8, 4) is 5.75 Å². The second-order valence-corrected chi connectivity index (χ2v) is 6.41. The van der Waals surface area contributed by atoms with Gasteiger partial charge in [-0.1, -0.05) is 19.9 Å². The van der Waals surface area contributed by atoms with Crippen molar-refractivity contribution in [1.29, 1.82) is 0 Å². The molecule has 0 bridgehead atoms. The highest BCUT2D eigenvalue weighted by Gasteiger charge is 2.30. The first-order valence-electron chi connectivity index (χ1n) is 6.50. The van der Waals surface area contributed by atoms with Crippen molar-refractivity contribution in [2.45, 2.75) is 26.7 Å². The first-order chi connectivity index (χ1) is 8.96. The van der Waals surface area contributed by atoms with Gasteiger partial charge in [0.25, 0.3) is 0 Å². The summed E-state index contributed by atoms with van der Waals surface area (Å²) in [7, 11) is 1.63. The predicted octanol–water partition coefficient (Wildman–Crippen LogP) is 3.02. The van der Waals surface area contributed by atoms with Crippen molar-refractivity contribution >= 4 is 15.9 Å². The van der Waals surface area contributed by atoms with Gasteiger partial charge in [-0.15, -0.1) is 0 Å². The summed E-state index contributed by atoms with van der Waals surface area (Å²) in [4.78, 5) is 0. The second-order valence-electron chi connectivity index (χ2n) is 5.56. The lowest BCUT2D eigenvalue weighted by Gasteiger charge is -2.31. The summed E-state index contributed by atoms with van der Waals surface area (Å²) < 4.78 is 6.09. The van der Waals surface area contributed by atoms with Crippen LogP contribution in [0.25, 0.3) is 0 Å². The van der Waals surface area contributed by atoms with Gasteiger partial charge in [0.15, 0.2) is 0 Å². The number of aliphatic hydroxyl groups is 2. The Balaban J connectivity index is 2.93. The van der Waals surface area contributed by atoms with Crippen LogP contribution in [0.3, 0.4) is 0 Å². The molecule has 0 aliphatic heterocycles. The highest BCUT2D eigenvalue weighted by Crippen LogP contribution is 2.33. The summed E-state index contributed by atoms with van der Waals surface area (Å²) in [5.74, 6) is 1.21. The largest absolute Gasteiger partial charge is 0.496 e. The third-order valence-electron chi connectivity index (χ3n) is 3.31. The first kappa shape index (κ1) is 16.5. The zero-order valence-electron chi connectivity index (χ0n) is 11.8. The number of methoxy groups -OCH3 is 1. The maximum absolute atomic E-state index is 9.66. The summed E-state index contributed by atoms with van der Waals surface area (Å²) in [5, 5.41) is 19.3. The van der Waals surface area contributed by atoms with Crippen LogP contribution in [0, 0.1) is 11.3 Å². The number of aliphatic hydroxyl groups excluding tert-OH is 2. The van der Waals surface area contributed by atoms with E-state index in [9.17, 15) is 10.2 Å². The molecule has 19 heavy (non-hydrogen) atoms. The van der Waals surface area contributed by atoms with E-state index in [2.05, 4.69) is 29.8 Å². The van der Waals surface area contributed by atoms with Crippen LogP contribution in [0.5, 0.6) is 5.75 Å². The molecule has 2 N–H and O–H groups in total. The van der Waals surface area contributed by atoms with Crippen molar-refractivity contribution in [1.82, 2.24) is 0 Å². The van der Waals surface area contributed by atoms with Crippen LogP contribution < -0.4 is 4.74 Å². The summed E-state index contributed by atoms with van der Waals surface area (Å²) in [5.41, 5.74) is 0.624.